The van der Waals surface area contributed by atoms with E-state index in [1.165, 1.54) is 23.1 Å². The number of benzene rings is 1. The number of hydrogen-bond acceptors (Lipinski definition) is 3. The fourth-order valence-electron chi connectivity index (χ4n) is 4.05. The van der Waals surface area contributed by atoms with Gasteiger partial charge in [0.15, 0.2) is 6.04 Å². The monoisotopic (exact) mass is 396 g/mol. The van der Waals surface area contributed by atoms with E-state index in [4.69, 9.17) is 0 Å². The van der Waals surface area contributed by atoms with E-state index >= 15 is 0 Å². The molecule has 0 bridgehead atoms. The average Bonchev–Trinajstić information content (AvgIpc) is 3.26. The van der Waals surface area contributed by atoms with Crippen molar-refractivity contribution in [3.63, 3.8) is 0 Å². The number of rotatable bonds is 2. The van der Waals surface area contributed by atoms with Gasteiger partial charge in [0.1, 0.15) is 11.6 Å². The topological polar surface area (TPSA) is 50.2 Å². The summed E-state index contributed by atoms with van der Waals surface area (Å²) >= 11 is 0. The maximum atomic E-state index is 14.0. The van der Waals surface area contributed by atoms with Gasteiger partial charge in [-0.15, -0.1) is 0 Å². The van der Waals surface area contributed by atoms with Crippen LogP contribution in [0.3, 0.4) is 0 Å². The van der Waals surface area contributed by atoms with Gasteiger partial charge in [-0.2, -0.15) is 18.3 Å². The van der Waals surface area contributed by atoms with E-state index in [1.807, 2.05) is 0 Å². The van der Waals surface area contributed by atoms with Crippen LogP contribution in [0, 0.1) is 5.82 Å². The Morgan fingerprint density at radius 1 is 1.29 bits per heavy atom. The smallest absolute Gasteiger partial charge is 0.368 e. The minimum Gasteiger partial charge on any atom is -0.368 e. The molecule has 28 heavy (non-hydrogen) atoms. The molecule has 1 fully saturated rings. The average molecular weight is 396 g/mol. The second-order valence-corrected chi connectivity index (χ2v) is 7.37. The first-order chi connectivity index (χ1) is 13.3. The van der Waals surface area contributed by atoms with Crippen LogP contribution in [0.2, 0.25) is 0 Å². The minimum absolute atomic E-state index is 0.0433. The van der Waals surface area contributed by atoms with E-state index in [9.17, 15) is 22.4 Å². The van der Waals surface area contributed by atoms with Gasteiger partial charge < -0.3 is 10.2 Å². The van der Waals surface area contributed by atoms with Crippen LogP contribution >= 0.6 is 0 Å². The largest absolute Gasteiger partial charge is 0.410 e. The van der Waals surface area contributed by atoms with Gasteiger partial charge in [-0.05, 0) is 38.3 Å². The predicted octanol–water partition coefficient (Wildman–Crippen LogP) is 4.31. The fourth-order valence-corrected chi connectivity index (χ4v) is 4.05. The molecule has 5 nitrogen and oxygen atoms in total. The van der Waals surface area contributed by atoms with Gasteiger partial charge >= 0.3 is 6.18 Å². The van der Waals surface area contributed by atoms with Crippen molar-refractivity contribution >= 4 is 11.7 Å². The number of hydrogen-bond donors (Lipinski definition) is 1. The second kappa shape index (κ2) is 6.79. The third-order valence-electron chi connectivity index (χ3n) is 5.36. The molecule has 0 aliphatic carbocycles. The van der Waals surface area contributed by atoms with Gasteiger partial charge in [-0.3, -0.25) is 4.79 Å². The van der Waals surface area contributed by atoms with Crippen LogP contribution in [0.25, 0.3) is 0 Å². The number of likely N-dealkylation sites (tertiary alicyclic amines) is 1. The number of carbonyl (C=O) groups excluding carboxylic acids is 1. The molecule has 0 spiro atoms. The number of nitrogens with one attached hydrogen (secondary N) is 1. The summed E-state index contributed by atoms with van der Waals surface area (Å²) < 4.78 is 55.4. The van der Waals surface area contributed by atoms with Crippen molar-refractivity contribution in [3.05, 3.63) is 47.4 Å². The first-order valence-corrected chi connectivity index (χ1v) is 9.24. The molecule has 150 valence electrons. The zero-order valence-electron chi connectivity index (χ0n) is 15.2. The lowest BCUT2D eigenvalue weighted by Crippen LogP contribution is -2.38. The highest BCUT2D eigenvalue weighted by Crippen LogP contribution is 2.41. The molecule has 2 aromatic rings. The summed E-state index contributed by atoms with van der Waals surface area (Å²) in [7, 11) is 0. The molecule has 0 radical (unpaired) electrons. The van der Waals surface area contributed by atoms with Gasteiger partial charge in [-0.25, -0.2) is 9.07 Å². The highest BCUT2D eigenvalue weighted by molar-refractivity contribution is 5.95. The van der Waals surface area contributed by atoms with Crippen molar-refractivity contribution in [2.24, 2.45) is 0 Å². The van der Waals surface area contributed by atoms with Crippen LogP contribution < -0.4 is 5.32 Å². The van der Waals surface area contributed by atoms with Gasteiger partial charge in [0, 0.05) is 18.7 Å². The molecule has 1 saturated heterocycles. The van der Waals surface area contributed by atoms with Gasteiger partial charge in [0.05, 0.1) is 17.3 Å². The van der Waals surface area contributed by atoms with Crippen molar-refractivity contribution in [1.29, 1.82) is 0 Å². The Morgan fingerprint density at radius 3 is 2.75 bits per heavy atom. The van der Waals surface area contributed by atoms with Crippen LogP contribution in [0.15, 0.2) is 30.3 Å². The molecule has 1 aromatic heterocycles. The fraction of sp³-hybridized carbons (Fsp3) is 0.474. The number of halogens is 4. The Bertz CT molecular complexity index is 894. The van der Waals surface area contributed by atoms with Crippen LogP contribution in [0.4, 0.5) is 23.4 Å². The standard InChI is InChI=1S/C19H20F4N4O/c1-11-9-16(19(21,22)23)27-17(24-11)10-14(25-27)15-7-4-8-26(15)18(28)12-5-2-3-6-13(12)20/h2-3,5-6,10-11,15-16,24H,4,7-9H2,1H3/t11-,15-,16-/m1/s1. The minimum atomic E-state index is -4.41. The number of aromatic nitrogens is 2. The van der Waals surface area contributed by atoms with Crippen molar-refractivity contribution in [2.45, 2.75) is 50.5 Å². The molecule has 4 rings (SSSR count). The Balaban J connectivity index is 1.66. The van der Waals surface area contributed by atoms with E-state index in [1.54, 1.807) is 19.1 Å². The second-order valence-electron chi connectivity index (χ2n) is 7.37. The molecule has 1 amide bonds. The summed E-state index contributed by atoms with van der Waals surface area (Å²) in [4.78, 5) is 14.3. The molecular formula is C19H20F4N4O. The van der Waals surface area contributed by atoms with E-state index in [0.717, 1.165) is 4.68 Å². The van der Waals surface area contributed by atoms with Crippen molar-refractivity contribution in [3.8, 4) is 0 Å². The maximum absolute atomic E-state index is 14.0. The molecule has 2 aliphatic heterocycles. The molecule has 9 heteroatoms. The maximum Gasteiger partial charge on any atom is 0.410 e. The molecule has 0 saturated carbocycles. The highest BCUT2D eigenvalue weighted by Gasteiger charge is 2.46. The van der Waals surface area contributed by atoms with E-state index in [-0.39, 0.29) is 18.0 Å². The van der Waals surface area contributed by atoms with Crippen LogP contribution in [0.5, 0.6) is 0 Å². The number of amides is 1. The SMILES string of the molecule is C[C@@H]1C[C@H](C(F)(F)F)n2nc([C@H]3CCCN3C(=O)c3ccccc3F)cc2N1. The number of anilines is 1. The lowest BCUT2D eigenvalue weighted by molar-refractivity contribution is -0.173. The molecule has 3 atom stereocenters. The highest BCUT2D eigenvalue weighted by atomic mass is 19.4. The summed E-state index contributed by atoms with van der Waals surface area (Å²) in [6.07, 6.45) is -3.27. The zero-order valence-corrected chi connectivity index (χ0v) is 15.2. The van der Waals surface area contributed by atoms with Crippen LogP contribution in [-0.2, 0) is 0 Å². The first-order valence-electron chi connectivity index (χ1n) is 9.24. The Morgan fingerprint density at radius 2 is 2.04 bits per heavy atom. The van der Waals surface area contributed by atoms with Crippen LogP contribution in [-0.4, -0.2) is 39.4 Å². The molecule has 2 aliphatic rings. The number of alkyl halides is 3. The molecule has 1 N–H and O–H groups in total. The summed E-state index contributed by atoms with van der Waals surface area (Å²) in [6.45, 7) is 2.10. The normalized spacial score (nSPS) is 24.8. The Hall–Kier alpha value is -2.58. The first kappa shape index (κ1) is 18.8. The van der Waals surface area contributed by atoms with E-state index < -0.39 is 30.0 Å². The van der Waals surface area contributed by atoms with E-state index in [0.29, 0.717) is 30.9 Å². The number of fused-ring (bicyclic) bond motifs is 1. The van der Waals surface area contributed by atoms with Gasteiger partial charge in [0.25, 0.3) is 5.91 Å². The predicted molar refractivity (Wildman–Crippen MR) is 94.4 cm³/mol. The third-order valence-corrected chi connectivity index (χ3v) is 5.36. The van der Waals surface area contributed by atoms with Crippen molar-refractivity contribution in [2.75, 3.05) is 11.9 Å². The molecule has 3 heterocycles. The summed E-state index contributed by atoms with van der Waals surface area (Å²) in [5.41, 5.74) is 0.353. The summed E-state index contributed by atoms with van der Waals surface area (Å²) in [6, 6.07) is 4.76. The van der Waals surface area contributed by atoms with E-state index in [2.05, 4.69) is 10.4 Å². The number of carbonyl (C=O) groups is 1. The Labute approximate surface area is 159 Å². The van der Waals surface area contributed by atoms with Crippen molar-refractivity contribution in [1.82, 2.24) is 14.7 Å². The summed E-state index contributed by atoms with van der Waals surface area (Å²) in [5, 5.41) is 7.24. The van der Waals surface area contributed by atoms with Crippen molar-refractivity contribution < 1.29 is 22.4 Å². The third kappa shape index (κ3) is 3.22. The molecular weight excluding hydrogens is 376 g/mol. The van der Waals surface area contributed by atoms with Gasteiger partial charge in [0.2, 0.25) is 0 Å². The zero-order chi connectivity index (χ0) is 20.1. The molecule has 1 aromatic carbocycles. The molecule has 0 unspecified atom stereocenters. The lowest BCUT2D eigenvalue weighted by atomic mass is 10.1. The number of nitrogens with zero attached hydrogens (tertiary/aromatic N) is 3. The quantitative estimate of drug-likeness (QED) is 0.770. The summed E-state index contributed by atoms with van der Waals surface area (Å²) in [5.74, 6) is -0.795. The Kier molecular flexibility index (Phi) is 4.55. The lowest BCUT2D eigenvalue weighted by Gasteiger charge is -2.31. The van der Waals surface area contributed by atoms with Crippen LogP contribution in [0.1, 0.15) is 54.3 Å². The van der Waals surface area contributed by atoms with Gasteiger partial charge in [-0.1, -0.05) is 12.1 Å².